The third-order valence-electron chi connectivity index (χ3n) is 4.69. The van der Waals surface area contributed by atoms with Gasteiger partial charge in [-0.25, -0.2) is 0 Å². The average Bonchev–Trinajstić information content (AvgIpc) is 3.23. The van der Waals surface area contributed by atoms with Gasteiger partial charge >= 0.3 is 0 Å². The van der Waals surface area contributed by atoms with E-state index in [1.54, 1.807) is 4.90 Å². The number of anilines is 1. The van der Waals surface area contributed by atoms with Gasteiger partial charge in [0.1, 0.15) is 0 Å². The maximum Gasteiger partial charge on any atom is 0.278 e. The number of benzene rings is 1. The van der Waals surface area contributed by atoms with Crippen LogP contribution in [0.25, 0.3) is 0 Å². The van der Waals surface area contributed by atoms with Gasteiger partial charge in [-0.3, -0.25) is 9.48 Å². The van der Waals surface area contributed by atoms with Crippen molar-refractivity contribution in [2.45, 2.75) is 25.3 Å². The summed E-state index contributed by atoms with van der Waals surface area (Å²) in [5.41, 5.74) is 2.47. The van der Waals surface area contributed by atoms with Crippen LogP contribution in [0, 0.1) is 0 Å². The van der Waals surface area contributed by atoms with Gasteiger partial charge in [0.25, 0.3) is 5.91 Å². The summed E-state index contributed by atoms with van der Waals surface area (Å²) in [6.45, 7) is 2.64. The van der Waals surface area contributed by atoms with Gasteiger partial charge in [-0.05, 0) is 49.6 Å². The normalized spacial score (nSPS) is 19.7. The summed E-state index contributed by atoms with van der Waals surface area (Å²) in [6, 6.07) is 7.87. The fourth-order valence-electron chi connectivity index (χ4n) is 3.46. The zero-order valence-electron chi connectivity index (χ0n) is 13.2. The molecule has 1 amide bonds. The predicted octanol–water partition coefficient (Wildman–Crippen LogP) is 3.09. The van der Waals surface area contributed by atoms with Crippen molar-refractivity contribution in [2.75, 3.05) is 24.5 Å². The first-order chi connectivity index (χ1) is 11.2. The van der Waals surface area contributed by atoms with Crippen LogP contribution in [-0.2, 0) is 6.42 Å². The third-order valence-corrected chi connectivity index (χ3v) is 5.04. The molecule has 5 nitrogen and oxygen atoms in total. The molecule has 1 atom stereocenters. The fraction of sp³-hybridized carbons (Fsp3) is 0.412. The molecule has 1 saturated heterocycles. The zero-order chi connectivity index (χ0) is 15.8. The molecule has 24 heavy (non-hydrogen) atoms. The third kappa shape index (κ3) is 3.04. The molecule has 0 saturated carbocycles. The highest BCUT2D eigenvalue weighted by molar-refractivity contribution is 6.32. The summed E-state index contributed by atoms with van der Waals surface area (Å²) in [5, 5.41) is 8.63. The number of amides is 1. The fourth-order valence-corrected chi connectivity index (χ4v) is 3.72. The van der Waals surface area contributed by atoms with Gasteiger partial charge in [-0.15, -0.1) is 12.4 Å². The van der Waals surface area contributed by atoms with Gasteiger partial charge in [0, 0.05) is 30.0 Å². The first-order valence-electron chi connectivity index (χ1n) is 8.09. The molecule has 2 aliphatic heterocycles. The minimum atomic E-state index is -0.0477. The first kappa shape index (κ1) is 17.3. The van der Waals surface area contributed by atoms with Crippen molar-refractivity contribution in [3.8, 4) is 0 Å². The van der Waals surface area contributed by atoms with Crippen LogP contribution < -0.4 is 10.2 Å². The topological polar surface area (TPSA) is 50.2 Å². The monoisotopic (exact) mass is 366 g/mol. The number of hydrogen-bond acceptors (Lipinski definition) is 3. The molecule has 0 bridgehead atoms. The van der Waals surface area contributed by atoms with Crippen LogP contribution in [0.4, 0.5) is 5.69 Å². The molecule has 1 aromatic heterocycles. The smallest absolute Gasteiger partial charge is 0.278 e. The van der Waals surface area contributed by atoms with Gasteiger partial charge in [-0.1, -0.05) is 17.7 Å². The summed E-state index contributed by atoms with van der Waals surface area (Å²) >= 11 is 6.23. The van der Waals surface area contributed by atoms with E-state index in [1.807, 2.05) is 35.1 Å². The number of carbonyl (C=O) groups is 1. The molecule has 128 valence electrons. The Bertz CT molecular complexity index is 740. The Hall–Kier alpha value is -1.56. The van der Waals surface area contributed by atoms with E-state index in [9.17, 15) is 4.79 Å². The zero-order valence-corrected chi connectivity index (χ0v) is 14.8. The number of piperidine rings is 1. The van der Waals surface area contributed by atoms with Gasteiger partial charge < -0.3 is 10.2 Å². The van der Waals surface area contributed by atoms with E-state index in [4.69, 9.17) is 11.6 Å². The summed E-state index contributed by atoms with van der Waals surface area (Å²) < 4.78 is 1.92. The molecule has 1 fully saturated rings. The van der Waals surface area contributed by atoms with Crippen molar-refractivity contribution in [3.63, 3.8) is 0 Å². The van der Waals surface area contributed by atoms with Crippen LogP contribution in [0.5, 0.6) is 0 Å². The van der Waals surface area contributed by atoms with Crippen molar-refractivity contribution in [1.82, 2.24) is 15.1 Å². The summed E-state index contributed by atoms with van der Waals surface area (Å²) in [4.78, 5) is 14.6. The van der Waals surface area contributed by atoms with Gasteiger partial charge in [0.15, 0.2) is 5.69 Å². The highest BCUT2D eigenvalue weighted by Gasteiger charge is 2.28. The van der Waals surface area contributed by atoms with Gasteiger partial charge in [0.05, 0.1) is 6.04 Å². The molecule has 0 radical (unpaired) electrons. The second-order valence-electron chi connectivity index (χ2n) is 6.13. The lowest BCUT2D eigenvalue weighted by molar-refractivity contribution is 0.0983. The molecule has 1 aromatic carbocycles. The number of aromatic nitrogens is 2. The number of halogens is 2. The van der Waals surface area contributed by atoms with E-state index < -0.39 is 0 Å². The minimum Gasteiger partial charge on any atom is -0.315 e. The molecule has 1 N–H and O–H groups in total. The van der Waals surface area contributed by atoms with E-state index in [0.717, 1.165) is 48.6 Å². The molecule has 0 aliphatic carbocycles. The summed E-state index contributed by atoms with van der Waals surface area (Å²) in [7, 11) is 0. The Balaban J connectivity index is 0.00000169. The molecule has 4 rings (SSSR count). The van der Waals surface area contributed by atoms with E-state index in [-0.39, 0.29) is 18.3 Å². The van der Waals surface area contributed by atoms with Crippen molar-refractivity contribution in [1.29, 1.82) is 0 Å². The molecule has 3 heterocycles. The molecule has 2 aromatic rings. The number of hydrogen-bond donors (Lipinski definition) is 1. The lowest BCUT2D eigenvalue weighted by Crippen LogP contribution is -2.32. The quantitative estimate of drug-likeness (QED) is 0.888. The second-order valence-corrected chi connectivity index (χ2v) is 6.53. The molecule has 2 aliphatic rings. The molecule has 7 heteroatoms. The Morgan fingerprint density at radius 3 is 3.00 bits per heavy atom. The first-order valence-corrected chi connectivity index (χ1v) is 8.47. The molecular weight excluding hydrogens is 347 g/mol. The van der Waals surface area contributed by atoms with E-state index in [1.165, 1.54) is 0 Å². The number of fused-ring (bicyclic) bond motifs is 1. The van der Waals surface area contributed by atoms with E-state index >= 15 is 0 Å². The number of carbonyl (C=O) groups excluding carboxylic acids is 1. The van der Waals surface area contributed by atoms with Crippen molar-refractivity contribution in [2.24, 2.45) is 0 Å². The predicted molar refractivity (Wildman–Crippen MR) is 97.4 cm³/mol. The highest BCUT2D eigenvalue weighted by Crippen LogP contribution is 2.34. The largest absolute Gasteiger partial charge is 0.315 e. The van der Waals surface area contributed by atoms with Crippen LogP contribution in [0.3, 0.4) is 0 Å². The number of nitrogens with zero attached hydrogens (tertiary/aromatic N) is 3. The highest BCUT2D eigenvalue weighted by atomic mass is 35.5. The average molecular weight is 367 g/mol. The Morgan fingerprint density at radius 1 is 1.33 bits per heavy atom. The van der Waals surface area contributed by atoms with Crippen molar-refractivity contribution < 1.29 is 4.79 Å². The Kier molecular flexibility index (Phi) is 5.13. The van der Waals surface area contributed by atoms with Crippen LogP contribution in [-0.4, -0.2) is 35.3 Å². The minimum absolute atomic E-state index is 0. The molecule has 0 spiro atoms. The number of rotatable bonds is 2. The molecule has 1 unspecified atom stereocenters. The Labute approximate surface area is 152 Å². The Morgan fingerprint density at radius 2 is 2.21 bits per heavy atom. The number of nitrogens with one attached hydrogen (secondary N) is 1. The standard InChI is InChI=1S/C17H19ClN4O.ClH/c18-14-4-1-5-16-13(14)6-9-21(16)17(23)15-7-10-22(20-15)12-3-2-8-19-11-12;/h1,4-5,7,10,12,19H,2-3,6,8-9,11H2;1H. The maximum absolute atomic E-state index is 12.8. The SMILES string of the molecule is Cl.O=C(c1ccn(C2CCCNC2)n1)N1CCc2c(Cl)cccc21. The lowest BCUT2D eigenvalue weighted by atomic mass is 10.1. The van der Waals surface area contributed by atoms with E-state index in [0.29, 0.717) is 18.3 Å². The van der Waals surface area contributed by atoms with E-state index in [2.05, 4.69) is 10.4 Å². The van der Waals surface area contributed by atoms with Crippen molar-refractivity contribution >= 4 is 35.6 Å². The summed E-state index contributed by atoms with van der Waals surface area (Å²) in [6.07, 6.45) is 4.96. The van der Waals surface area contributed by atoms with Crippen molar-refractivity contribution in [3.05, 3.63) is 46.7 Å². The maximum atomic E-state index is 12.8. The molecular formula is C17H20Cl2N4O. The van der Waals surface area contributed by atoms with Gasteiger partial charge in [0.2, 0.25) is 0 Å². The van der Waals surface area contributed by atoms with Crippen LogP contribution in [0.1, 0.15) is 34.9 Å². The lowest BCUT2D eigenvalue weighted by Gasteiger charge is -2.23. The second kappa shape index (κ2) is 7.13. The van der Waals surface area contributed by atoms with Crippen LogP contribution in [0.2, 0.25) is 5.02 Å². The van der Waals surface area contributed by atoms with Gasteiger partial charge in [-0.2, -0.15) is 5.10 Å². The van der Waals surface area contributed by atoms with Crippen LogP contribution >= 0.6 is 24.0 Å². The van der Waals surface area contributed by atoms with Crippen LogP contribution in [0.15, 0.2) is 30.5 Å². The summed E-state index contributed by atoms with van der Waals surface area (Å²) in [5.74, 6) is -0.0477.